The highest BCUT2D eigenvalue weighted by Crippen LogP contribution is 2.19. The second kappa shape index (κ2) is 9.52. The van der Waals surface area contributed by atoms with Crippen LogP contribution in [0.25, 0.3) is 0 Å². The molecule has 0 saturated carbocycles. The van der Waals surface area contributed by atoms with E-state index in [9.17, 15) is 13.2 Å². The van der Waals surface area contributed by atoms with Gasteiger partial charge in [0.2, 0.25) is 10.0 Å². The van der Waals surface area contributed by atoms with Crippen molar-refractivity contribution in [2.45, 2.75) is 44.2 Å². The molecular weight excluding hydrogens is 388 g/mol. The molecule has 1 N–H and O–H groups in total. The smallest absolute Gasteiger partial charge is 0.251 e. The summed E-state index contributed by atoms with van der Waals surface area (Å²) in [5.74, 6) is -0.147. The first-order valence-electron chi connectivity index (χ1n) is 9.95. The SMILES string of the molecule is CCN(Cc1ccc(C(=O)NC[C@@H]2CCCO2)cc1)S(=O)(=O)c1ccc(C)cc1. The summed E-state index contributed by atoms with van der Waals surface area (Å²) >= 11 is 0. The third-order valence-electron chi connectivity index (χ3n) is 5.10. The van der Waals surface area contributed by atoms with Gasteiger partial charge in [-0.2, -0.15) is 4.31 Å². The lowest BCUT2D eigenvalue weighted by molar-refractivity contribution is 0.0857. The van der Waals surface area contributed by atoms with Gasteiger partial charge in [0.1, 0.15) is 0 Å². The van der Waals surface area contributed by atoms with Crippen molar-refractivity contribution < 1.29 is 17.9 Å². The van der Waals surface area contributed by atoms with Gasteiger partial charge in [-0.05, 0) is 49.6 Å². The van der Waals surface area contributed by atoms with Crippen molar-refractivity contribution in [1.82, 2.24) is 9.62 Å². The minimum absolute atomic E-state index is 0.100. The molecular formula is C22H28N2O4S. The van der Waals surface area contributed by atoms with Crippen molar-refractivity contribution in [2.24, 2.45) is 0 Å². The van der Waals surface area contributed by atoms with E-state index >= 15 is 0 Å². The van der Waals surface area contributed by atoms with Crippen molar-refractivity contribution in [1.29, 1.82) is 0 Å². The summed E-state index contributed by atoms with van der Waals surface area (Å²) in [6.07, 6.45) is 2.11. The van der Waals surface area contributed by atoms with Gasteiger partial charge in [-0.25, -0.2) is 8.42 Å². The molecule has 0 bridgehead atoms. The zero-order valence-corrected chi connectivity index (χ0v) is 17.7. The minimum Gasteiger partial charge on any atom is -0.376 e. The van der Waals surface area contributed by atoms with Crippen molar-refractivity contribution in [3.05, 3.63) is 65.2 Å². The fourth-order valence-electron chi connectivity index (χ4n) is 3.31. The monoisotopic (exact) mass is 416 g/mol. The number of nitrogens with zero attached hydrogens (tertiary/aromatic N) is 1. The van der Waals surface area contributed by atoms with Crippen LogP contribution in [-0.2, 0) is 21.3 Å². The first-order chi connectivity index (χ1) is 13.9. The van der Waals surface area contributed by atoms with Crippen LogP contribution in [0.4, 0.5) is 0 Å². The number of nitrogens with one attached hydrogen (secondary N) is 1. The maximum Gasteiger partial charge on any atom is 0.251 e. The lowest BCUT2D eigenvalue weighted by atomic mass is 10.1. The second-order valence-corrected chi connectivity index (χ2v) is 9.22. The number of hydrogen-bond donors (Lipinski definition) is 1. The number of hydrogen-bond acceptors (Lipinski definition) is 4. The van der Waals surface area contributed by atoms with E-state index in [1.807, 2.05) is 13.8 Å². The highest BCUT2D eigenvalue weighted by Gasteiger charge is 2.23. The summed E-state index contributed by atoms with van der Waals surface area (Å²) in [6, 6.07) is 13.9. The lowest BCUT2D eigenvalue weighted by Gasteiger charge is -2.21. The van der Waals surface area contributed by atoms with Gasteiger partial charge in [-0.1, -0.05) is 36.8 Å². The highest BCUT2D eigenvalue weighted by molar-refractivity contribution is 7.89. The quantitative estimate of drug-likeness (QED) is 0.717. The summed E-state index contributed by atoms with van der Waals surface area (Å²) < 4.78 is 32.8. The van der Waals surface area contributed by atoms with Crippen LogP contribution in [0.1, 0.15) is 41.3 Å². The van der Waals surface area contributed by atoms with Crippen LogP contribution in [0.15, 0.2) is 53.4 Å². The lowest BCUT2D eigenvalue weighted by Crippen LogP contribution is -2.32. The molecule has 0 spiro atoms. The van der Waals surface area contributed by atoms with Crippen LogP contribution in [0, 0.1) is 6.92 Å². The first kappa shape index (κ1) is 21.5. The molecule has 1 heterocycles. The average Bonchev–Trinajstić information content (AvgIpc) is 3.24. The molecule has 1 fully saturated rings. The van der Waals surface area contributed by atoms with Crippen LogP contribution in [0.2, 0.25) is 0 Å². The molecule has 2 aromatic rings. The fourth-order valence-corrected chi connectivity index (χ4v) is 4.74. The van der Waals surface area contributed by atoms with E-state index in [0.717, 1.165) is 30.6 Å². The van der Waals surface area contributed by atoms with Gasteiger partial charge in [-0.3, -0.25) is 4.79 Å². The number of carbonyl (C=O) groups is 1. The van der Waals surface area contributed by atoms with E-state index in [-0.39, 0.29) is 23.5 Å². The summed E-state index contributed by atoms with van der Waals surface area (Å²) in [7, 11) is -3.57. The Hall–Kier alpha value is -2.22. The van der Waals surface area contributed by atoms with E-state index in [1.54, 1.807) is 48.5 Å². The molecule has 3 rings (SSSR count). The predicted octanol–water partition coefficient (Wildman–Crippen LogP) is 3.11. The Bertz CT molecular complexity index is 918. The van der Waals surface area contributed by atoms with Crippen molar-refractivity contribution in [3.8, 4) is 0 Å². The number of benzene rings is 2. The van der Waals surface area contributed by atoms with Crippen molar-refractivity contribution in [3.63, 3.8) is 0 Å². The molecule has 1 amide bonds. The average molecular weight is 417 g/mol. The number of ether oxygens (including phenoxy) is 1. The summed E-state index contributed by atoms with van der Waals surface area (Å²) in [5, 5.41) is 2.89. The number of sulfonamides is 1. The zero-order chi connectivity index (χ0) is 20.9. The molecule has 0 unspecified atom stereocenters. The Morgan fingerprint density at radius 1 is 1.14 bits per heavy atom. The molecule has 0 aliphatic carbocycles. The van der Waals surface area contributed by atoms with E-state index in [2.05, 4.69) is 5.32 Å². The van der Waals surface area contributed by atoms with Crippen LogP contribution in [0.3, 0.4) is 0 Å². The molecule has 6 nitrogen and oxygen atoms in total. The van der Waals surface area contributed by atoms with Gasteiger partial charge in [0, 0.05) is 31.8 Å². The second-order valence-electron chi connectivity index (χ2n) is 7.29. The van der Waals surface area contributed by atoms with Crippen LogP contribution in [-0.4, -0.2) is 44.4 Å². The zero-order valence-electron chi connectivity index (χ0n) is 16.9. The number of aryl methyl sites for hydroxylation is 1. The van der Waals surface area contributed by atoms with E-state index in [0.29, 0.717) is 18.7 Å². The Balaban J connectivity index is 1.64. The molecule has 7 heteroatoms. The van der Waals surface area contributed by atoms with Gasteiger partial charge >= 0.3 is 0 Å². The Morgan fingerprint density at radius 2 is 1.83 bits per heavy atom. The Labute approximate surface area is 172 Å². The maximum atomic E-state index is 12.9. The van der Waals surface area contributed by atoms with Crippen LogP contribution in [0.5, 0.6) is 0 Å². The number of rotatable bonds is 8. The standard InChI is InChI=1S/C22H28N2O4S/c1-3-24(29(26,27)21-12-6-17(2)7-13-21)16-18-8-10-19(11-9-18)22(25)23-15-20-5-4-14-28-20/h6-13,20H,3-5,14-16H2,1-2H3,(H,23,25)/t20-/m0/s1. The molecule has 1 aliphatic heterocycles. The fraction of sp³-hybridized carbons (Fsp3) is 0.409. The Kier molecular flexibility index (Phi) is 7.05. The molecule has 0 radical (unpaired) electrons. The van der Waals surface area contributed by atoms with E-state index < -0.39 is 10.0 Å². The normalized spacial score (nSPS) is 16.9. The maximum absolute atomic E-state index is 12.9. The summed E-state index contributed by atoms with van der Waals surface area (Å²) in [4.78, 5) is 12.6. The molecule has 29 heavy (non-hydrogen) atoms. The molecule has 2 aromatic carbocycles. The molecule has 1 aliphatic rings. The highest BCUT2D eigenvalue weighted by atomic mass is 32.2. The van der Waals surface area contributed by atoms with Gasteiger partial charge < -0.3 is 10.1 Å². The molecule has 156 valence electrons. The van der Waals surface area contributed by atoms with Gasteiger partial charge in [0.15, 0.2) is 0 Å². The third kappa shape index (κ3) is 5.44. The van der Waals surface area contributed by atoms with Gasteiger partial charge in [0.25, 0.3) is 5.91 Å². The topological polar surface area (TPSA) is 75.7 Å². The predicted molar refractivity (Wildman–Crippen MR) is 112 cm³/mol. The van der Waals surface area contributed by atoms with Gasteiger partial charge in [0.05, 0.1) is 11.0 Å². The van der Waals surface area contributed by atoms with Gasteiger partial charge in [-0.15, -0.1) is 0 Å². The summed E-state index contributed by atoms with van der Waals surface area (Å²) in [6.45, 7) is 5.63. The molecule has 1 atom stereocenters. The van der Waals surface area contributed by atoms with E-state index in [4.69, 9.17) is 4.74 Å². The number of carbonyl (C=O) groups excluding carboxylic acids is 1. The minimum atomic E-state index is -3.57. The molecule has 0 aromatic heterocycles. The van der Waals surface area contributed by atoms with Crippen LogP contribution >= 0.6 is 0 Å². The summed E-state index contributed by atoms with van der Waals surface area (Å²) in [5.41, 5.74) is 2.40. The van der Waals surface area contributed by atoms with E-state index in [1.165, 1.54) is 4.31 Å². The van der Waals surface area contributed by atoms with Crippen molar-refractivity contribution >= 4 is 15.9 Å². The Morgan fingerprint density at radius 3 is 2.41 bits per heavy atom. The third-order valence-corrected chi connectivity index (χ3v) is 7.04. The van der Waals surface area contributed by atoms with Crippen molar-refractivity contribution in [2.75, 3.05) is 19.7 Å². The largest absolute Gasteiger partial charge is 0.376 e. The first-order valence-corrected chi connectivity index (χ1v) is 11.4. The molecule has 1 saturated heterocycles. The number of amides is 1. The van der Waals surface area contributed by atoms with Crippen LogP contribution < -0.4 is 5.32 Å².